The van der Waals surface area contributed by atoms with Gasteiger partial charge in [0.15, 0.2) is 0 Å². The van der Waals surface area contributed by atoms with Crippen LogP contribution in [0.4, 0.5) is 0 Å². The molecule has 0 spiro atoms. The summed E-state index contributed by atoms with van der Waals surface area (Å²) in [5.74, 6) is 1.64. The molecule has 2 aromatic rings. The van der Waals surface area contributed by atoms with Crippen LogP contribution in [-0.2, 0) is 4.79 Å². The van der Waals surface area contributed by atoms with E-state index in [-0.39, 0.29) is 11.9 Å². The van der Waals surface area contributed by atoms with Crippen LogP contribution < -0.4 is 14.8 Å². The number of carbonyl (C=O) groups is 1. The smallest absolute Gasteiger partial charge is 0.220 e. The van der Waals surface area contributed by atoms with Crippen molar-refractivity contribution in [3.63, 3.8) is 0 Å². The molecule has 2 aromatic carbocycles. The highest BCUT2D eigenvalue weighted by Gasteiger charge is 2.11. The second-order valence-electron chi connectivity index (χ2n) is 5.57. The Balaban J connectivity index is 1.70. The van der Waals surface area contributed by atoms with Gasteiger partial charge in [-0.15, -0.1) is 0 Å². The topological polar surface area (TPSA) is 47.6 Å². The van der Waals surface area contributed by atoms with E-state index in [1.54, 1.807) is 7.11 Å². The molecule has 0 saturated carbocycles. The van der Waals surface area contributed by atoms with Gasteiger partial charge in [-0.2, -0.15) is 0 Å². The largest absolute Gasteiger partial charge is 0.497 e. The monoisotopic (exact) mass is 327 g/mol. The van der Waals surface area contributed by atoms with Crippen molar-refractivity contribution in [2.45, 2.75) is 32.2 Å². The van der Waals surface area contributed by atoms with E-state index >= 15 is 0 Å². The lowest BCUT2D eigenvalue weighted by Gasteiger charge is -2.17. The quantitative estimate of drug-likeness (QED) is 0.705. The van der Waals surface area contributed by atoms with Crippen molar-refractivity contribution < 1.29 is 14.3 Å². The Morgan fingerprint density at radius 1 is 1.04 bits per heavy atom. The maximum absolute atomic E-state index is 12.1. The van der Waals surface area contributed by atoms with Crippen LogP contribution in [0.15, 0.2) is 54.6 Å². The summed E-state index contributed by atoms with van der Waals surface area (Å²) >= 11 is 0. The third-order valence-corrected chi connectivity index (χ3v) is 3.82. The van der Waals surface area contributed by atoms with Crippen molar-refractivity contribution in [3.8, 4) is 11.5 Å². The molecule has 1 atom stereocenters. The van der Waals surface area contributed by atoms with Crippen molar-refractivity contribution in [2.24, 2.45) is 0 Å². The lowest BCUT2D eigenvalue weighted by molar-refractivity contribution is -0.122. The molecular weight excluding hydrogens is 302 g/mol. The summed E-state index contributed by atoms with van der Waals surface area (Å²) in [6.07, 6.45) is 2.01. The van der Waals surface area contributed by atoms with E-state index in [9.17, 15) is 4.79 Å². The Bertz CT molecular complexity index is 611. The number of rotatable bonds is 9. The summed E-state index contributed by atoms with van der Waals surface area (Å²) in [5, 5.41) is 3.09. The van der Waals surface area contributed by atoms with Crippen molar-refractivity contribution in [1.29, 1.82) is 0 Å². The third-order valence-electron chi connectivity index (χ3n) is 3.82. The van der Waals surface area contributed by atoms with Gasteiger partial charge < -0.3 is 14.8 Å². The summed E-state index contributed by atoms with van der Waals surface area (Å²) in [4.78, 5) is 12.1. The zero-order valence-electron chi connectivity index (χ0n) is 14.3. The summed E-state index contributed by atoms with van der Waals surface area (Å²) in [7, 11) is 1.63. The van der Waals surface area contributed by atoms with Gasteiger partial charge in [0.1, 0.15) is 11.5 Å². The fourth-order valence-corrected chi connectivity index (χ4v) is 2.47. The van der Waals surface area contributed by atoms with Gasteiger partial charge in [0.05, 0.1) is 19.8 Å². The average Bonchev–Trinajstić information content (AvgIpc) is 2.64. The van der Waals surface area contributed by atoms with Gasteiger partial charge >= 0.3 is 0 Å². The van der Waals surface area contributed by atoms with Crippen LogP contribution in [0, 0.1) is 0 Å². The Hall–Kier alpha value is -2.49. The third kappa shape index (κ3) is 5.61. The molecule has 1 unspecified atom stereocenters. The molecule has 0 heterocycles. The second-order valence-corrected chi connectivity index (χ2v) is 5.57. The minimum Gasteiger partial charge on any atom is -0.497 e. The van der Waals surface area contributed by atoms with Gasteiger partial charge in [0.2, 0.25) is 5.91 Å². The van der Waals surface area contributed by atoms with Gasteiger partial charge in [-0.1, -0.05) is 37.3 Å². The van der Waals surface area contributed by atoms with Crippen LogP contribution >= 0.6 is 0 Å². The first kappa shape index (κ1) is 17.9. The molecule has 0 fully saturated rings. The number of hydrogen-bond donors (Lipinski definition) is 1. The SMILES string of the molecule is CCC(NC(=O)CCCOc1ccc(OC)cc1)c1ccccc1. The molecule has 0 aliphatic heterocycles. The van der Waals surface area contributed by atoms with Crippen molar-refractivity contribution >= 4 is 5.91 Å². The molecule has 0 aliphatic rings. The van der Waals surface area contributed by atoms with Gasteiger partial charge in [0.25, 0.3) is 0 Å². The van der Waals surface area contributed by atoms with Crippen LogP contribution in [0.5, 0.6) is 11.5 Å². The predicted octanol–water partition coefficient (Wildman–Crippen LogP) is 4.12. The predicted molar refractivity (Wildman–Crippen MR) is 95.3 cm³/mol. The standard InChI is InChI=1S/C20H25NO3/c1-3-19(16-8-5-4-6-9-16)21-20(22)10-7-15-24-18-13-11-17(23-2)12-14-18/h4-6,8-9,11-14,19H,3,7,10,15H2,1-2H3,(H,21,22). The molecule has 128 valence electrons. The lowest BCUT2D eigenvalue weighted by atomic mass is 10.0. The lowest BCUT2D eigenvalue weighted by Crippen LogP contribution is -2.28. The van der Waals surface area contributed by atoms with Gasteiger partial charge in [-0.3, -0.25) is 4.79 Å². The van der Waals surface area contributed by atoms with Gasteiger partial charge in [-0.05, 0) is 42.7 Å². The highest BCUT2D eigenvalue weighted by molar-refractivity contribution is 5.76. The van der Waals surface area contributed by atoms with E-state index in [0.29, 0.717) is 19.4 Å². The first-order chi connectivity index (χ1) is 11.7. The molecule has 4 nitrogen and oxygen atoms in total. The van der Waals surface area contributed by atoms with E-state index in [0.717, 1.165) is 23.5 Å². The molecule has 0 saturated heterocycles. The zero-order valence-corrected chi connectivity index (χ0v) is 14.3. The van der Waals surface area contributed by atoms with Crippen LogP contribution in [-0.4, -0.2) is 19.6 Å². The summed E-state index contributed by atoms with van der Waals surface area (Å²) in [6.45, 7) is 2.59. The molecule has 4 heteroatoms. The fourth-order valence-electron chi connectivity index (χ4n) is 2.47. The van der Waals surface area contributed by atoms with Gasteiger partial charge in [-0.25, -0.2) is 0 Å². The molecular formula is C20H25NO3. The maximum Gasteiger partial charge on any atom is 0.220 e. The normalized spacial score (nSPS) is 11.6. The Kier molecular flexibility index (Phi) is 7.15. The number of amides is 1. The molecule has 24 heavy (non-hydrogen) atoms. The summed E-state index contributed by atoms with van der Waals surface area (Å²) < 4.78 is 10.7. The number of hydrogen-bond acceptors (Lipinski definition) is 3. The van der Waals surface area contributed by atoms with Crippen LogP contribution in [0.2, 0.25) is 0 Å². The second kappa shape index (κ2) is 9.60. The number of nitrogens with one attached hydrogen (secondary N) is 1. The van der Waals surface area contributed by atoms with Gasteiger partial charge in [0, 0.05) is 6.42 Å². The maximum atomic E-state index is 12.1. The Labute approximate surface area is 143 Å². The van der Waals surface area contributed by atoms with Crippen molar-refractivity contribution in [2.75, 3.05) is 13.7 Å². The number of ether oxygens (including phenoxy) is 2. The first-order valence-electron chi connectivity index (χ1n) is 8.34. The molecule has 0 aromatic heterocycles. The van der Waals surface area contributed by atoms with Crippen LogP contribution in [0.25, 0.3) is 0 Å². The minimum absolute atomic E-state index is 0.0593. The van der Waals surface area contributed by atoms with Crippen molar-refractivity contribution in [3.05, 3.63) is 60.2 Å². The van der Waals surface area contributed by atoms with Crippen LogP contribution in [0.1, 0.15) is 37.8 Å². The number of carbonyl (C=O) groups excluding carboxylic acids is 1. The molecule has 0 radical (unpaired) electrons. The number of benzene rings is 2. The highest BCUT2D eigenvalue weighted by atomic mass is 16.5. The van der Waals surface area contributed by atoms with E-state index < -0.39 is 0 Å². The van der Waals surface area contributed by atoms with Crippen molar-refractivity contribution in [1.82, 2.24) is 5.32 Å². The van der Waals surface area contributed by atoms with E-state index in [4.69, 9.17) is 9.47 Å². The summed E-state index contributed by atoms with van der Waals surface area (Å²) in [5.41, 5.74) is 1.14. The van der Waals surface area contributed by atoms with Crippen LogP contribution in [0.3, 0.4) is 0 Å². The minimum atomic E-state index is 0.0593. The highest BCUT2D eigenvalue weighted by Crippen LogP contribution is 2.18. The van der Waals surface area contributed by atoms with E-state index in [1.807, 2.05) is 54.6 Å². The molecule has 0 bridgehead atoms. The molecule has 0 aliphatic carbocycles. The first-order valence-corrected chi connectivity index (χ1v) is 8.34. The zero-order chi connectivity index (χ0) is 17.2. The van der Waals surface area contributed by atoms with E-state index in [2.05, 4.69) is 12.2 Å². The number of methoxy groups -OCH3 is 1. The molecule has 2 rings (SSSR count). The summed E-state index contributed by atoms with van der Waals surface area (Å²) in [6, 6.07) is 17.6. The Morgan fingerprint density at radius 3 is 2.33 bits per heavy atom. The average molecular weight is 327 g/mol. The molecule has 1 N–H and O–H groups in total. The fraction of sp³-hybridized carbons (Fsp3) is 0.350. The Morgan fingerprint density at radius 2 is 1.71 bits per heavy atom. The molecule has 1 amide bonds. The van der Waals surface area contributed by atoms with E-state index in [1.165, 1.54) is 0 Å².